The lowest BCUT2D eigenvalue weighted by molar-refractivity contribution is -0.129. The predicted octanol–water partition coefficient (Wildman–Crippen LogP) is -2.26. The number of rotatable bonds is 3. The van der Waals surface area contributed by atoms with Gasteiger partial charge in [0, 0.05) is 7.05 Å². The molecule has 0 fully saturated rings. The molecule has 0 saturated carbocycles. The van der Waals surface area contributed by atoms with Gasteiger partial charge < -0.3 is 21.1 Å². The van der Waals surface area contributed by atoms with Crippen molar-refractivity contribution in [2.45, 2.75) is 6.23 Å². The highest BCUT2D eigenvalue weighted by molar-refractivity contribution is 5.95. The van der Waals surface area contributed by atoms with Crippen LogP contribution in [0.4, 0.5) is 0 Å². The van der Waals surface area contributed by atoms with E-state index < -0.39 is 12.1 Å². The molecule has 0 aromatic carbocycles. The summed E-state index contributed by atoms with van der Waals surface area (Å²) in [5.41, 5.74) is 5.07. The van der Waals surface area contributed by atoms with E-state index >= 15 is 0 Å². The van der Waals surface area contributed by atoms with Crippen molar-refractivity contribution in [1.29, 1.82) is 0 Å². The fourth-order valence-electron chi connectivity index (χ4n) is 0.959. The first-order valence-electron chi connectivity index (χ1n) is 3.71. The standard InChI is InChI=1S/C7H11N3O3/c1-10-6(12)2-4(7(10)13)9-3-5(8)11/h2,6,9,12H,3H2,1H3,(H2,8,11). The molecule has 4 N–H and O–H groups in total. The number of amides is 2. The van der Waals surface area contributed by atoms with Gasteiger partial charge in [-0.3, -0.25) is 9.59 Å². The number of carbonyl (C=O) groups excluding carboxylic acids is 2. The zero-order valence-electron chi connectivity index (χ0n) is 7.15. The monoisotopic (exact) mass is 185 g/mol. The molecule has 1 aliphatic rings. The molecule has 13 heavy (non-hydrogen) atoms. The molecule has 1 atom stereocenters. The minimum atomic E-state index is -0.928. The Morgan fingerprint density at radius 1 is 1.85 bits per heavy atom. The van der Waals surface area contributed by atoms with Crippen LogP contribution in [0.5, 0.6) is 0 Å². The summed E-state index contributed by atoms with van der Waals surface area (Å²) in [7, 11) is 1.46. The molecule has 0 saturated heterocycles. The number of nitrogens with one attached hydrogen (secondary N) is 1. The van der Waals surface area contributed by atoms with Crippen LogP contribution in [0.3, 0.4) is 0 Å². The number of primary amides is 1. The summed E-state index contributed by atoms with van der Waals surface area (Å²) in [6.45, 7) is -0.113. The molecule has 0 radical (unpaired) electrons. The van der Waals surface area contributed by atoms with Gasteiger partial charge in [-0.2, -0.15) is 0 Å². The smallest absolute Gasteiger partial charge is 0.271 e. The van der Waals surface area contributed by atoms with Crippen molar-refractivity contribution in [3.05, 3.63) is 11.8 Å². The molecular weight excluding hydrogens is 174 g/mol. The molecule has 1 heterocycles. The molecular formula is C7H11N3O3. The summed E-state index contributed by atoms with van der Waals surface area (Å²) in [6.07, 6.45) is 0.397. The third-order valence-corrected chi connectivity index (χ3v) is 1.72. The first kappa shape index (κ1) is 9.53. The van der Waals surface area contributed by atoms with Crippen LogP contribution in [-0.2, 0) is 9.59 Å². The number of nitrogens with two attached hydrogens (primary N) is 1. The first-order chi connectivity index (χ1) is 6.02. The Morgan fingerprint density at radius 2 is 2.46 bits per heavy atom. The van der Waals surface area contributed by atoms with Crippen molar-refractivity contribution in [2.24, 2.45) is 5.73 Å². The topological polar surface area (TPSA) is 95.7 Å². The lowest BCUT2D eigenvalue weighted by Gasteiger charge is -2.13. The minimum Gasteiger partial charge on any atom is -0.372 e. The molecule has 6 nitrogen and oxygen atoms in total. The molecule has 72 valence electrons. The van der Waals surface area contributed by atoms with E-state index in [2.05, 4.69) is 5.32 Å². The van der Waals surface area contributed by atoms with Gasteiger partial charge in [0.1, 0.15) is 5.70 Å². The zero-order valence-corrected chi connectivity index (χ0v) is 7.15. The van der Waals surface area contributed by atoms with E-state index in [9.17, 15) is 14.7 Å². The third-order valence-electron chi connectivity index (χ3n) is 1.72. The Morgan fingerprint density at radius 3 is 2.85 bits per heavy atom. The van der Waals surface area contributed by atoms with Crippen molar-refractivity contribution < 1.29 is 14.7 Å². The number of aliphatic hydroxyl groups excluding tert-OH is 1. The second-order valence-corrected chi connectivity index (χ2v) is 2.73. The zero-order chi connectivity index (χ0) is 10.0. The number of hydrogen-bond acceptors (Lipinski definition) is 4. The summed E-state index contributed by atoms with van der Waals surface area (Å²) in [6, 6.07) is 0. The van der Waals surface area contributed by atoms with E-state index in [-0.39, 0.29) is 18.1 Å². The second-order valence-electron chi connectivity index (χ2n) is 2.73. The lowest BCUT2D eigenvalue weighted by atomic mass is 10.4. The van der Waals surface area contributed by atoms with Gasteiger partial charge in [-0.25, -0.2) is 0 Å². The quantitative estimate of drug-likeness (QED) is 0.462. The summed E-state index contributed by atoms with van der Waals surface area (Å²) in [5, 5.41) is 11.7. The van der Waals surface area contributed by atoms with Gasteiger partial charge in [-0.05, 0) is 6.08 Å². The molecule has 2 amide bonds. The Labute approximate surface area is 75.0 Å². The molecule has 6 heteroatoms. The van der Waals surface area contributed by atoms with Gasteiger partial charge in [0.25, 0.3) is 5.91 Å². The molecule has 0 aromatic heterocycles. The molecule has 0 aromatic rings. The average molecular weight is 185 g/mol. The van der Waals surface area contributed by atoms with Crippen LogP contribution in [0.1, 0.15) is 0 Å². The largest absolute Gasteiger partial charge is 0.372 e. The van der Waals surface area contributed by atoms with Gasteiger partial charge in [0.15, 0.2) is 6.23 Å². The van der Waals surface area contributed by atoms with Crippen molar-refractivity contribution in [3.8, 4) is 0 Å². The Bertz CT molecular complexity index is 274. The van der Waals surface area contributed by atoms with Gasteiger partial charge >= 0.3 is 0 Å². The van der Waals surface area contributed by atoms with Crippen molar-refractivity contribution in [3.63, 3.8) is 0 Å². The average Bonchev–Trinajstić information content (AvgIpc) is 2.29. The van der Waals surface area contributed by atoms with Crippen molar-refractivity contribution in [2.75, 3.05) is 13.6 Å². The second kappa shape index (κ2) is 3.44. The number of likely N-dealkylation sites (N-methyl/N-ethyl adjacent to an activating group) is 1. The molecule has 0 aliphatic carbocycles. The highest BCUT2D eigenvalue weighted by Gasteiger charge is 2.27. The normalized spacial score (nSPS) is 21.7. The molecule has 1 unspecified atom stereocenters. The third kappa shape index (κ3) is 1.97. The van der Waals surface area contributed by atoms with E-state index in [1.807, 2.05) is 0 Å². The summed E-state index contributed by atoms with van der Waals surface area (Å²) >= 11 is 0. The predicted molar refractivity (Wildman–Crippen MR) is 44.1 cm³/mol. The molecule has 0 bridgehead atoms. The Balaban J connectivity index is 2.56. The number of aliphatic hydroxyl groups is 1. The Kier molecular flexibility index (Phi) is 2.52. The number of nitrogens with zero attached hydrogens (tertiary/aromatic N) is 1. The van der Waals surface area contributed by atoms with Crippen LogP contribution in [-0.4, -0.2) is 41.6 Å². The number of hydrogen-bond donors (Lipinski definition) is 3. The summed E-state index contributed by atoms with van der Waals surface area (Å²) in [4.78, 5) is 22.7. The van der Waals surface area contributed by atoms with Crippen molar-refractivity contribution in [1.82, 2.24) is 10.2 Å². The van der Waals surface area contributed by atoms with Crippen LogP contribution in [0, 0.1) is 0 Å². The Hall–Kier alpha value is -1.56. The fourth-order valence-corrected chi connectivity index (χ4v) is 0.959. The van der Waals surface area contributed by atoms with Crippen LogP contribution in [0.25, 0.3) is 0 Å². The molecule has 1 rings (SSSR count). The SMILES string of the molecule is CN1C(=O)C(NCC(N)=O)=CC1O. The van der Waals surface area contributed by atoms with E-state index in [0.717, 1.165) is 4.90 Å². The van der Waals surface area contributed by atoms with Crippen molar-refractivity contribution >= 4 is 11.8 Å². The fraction of sp³-hybridized carbons (Fsp3) is 0.429. The van der Waals surface area contributed by atoms with Crippen LogP contribution < -0.4 is 11.1 Å². The maximum absolute atomic E-state index is 11.2. The number of carbonyl (C=O) groups is 2. The highest BCUT2D eigenvalue weighted by atomic mass is 16.3. The first-order valence-corrected chi connectivity index (χ1v) is 3.71. The highest BCUT2D eigenvalue weighted by Crippen LogP contribution is 2.10. The van der Waals surface area contributed by atoms with Crippen LogP contribution >= 0.6 is 0 Å². The lowest BCUT2D eigenvalue weighted by Crippen LogP contribution is -2.34. The minimum absolute atomic E-state index is 0.113. The summed E-state index contributed by atoms with van der Waals surface area (Å²) < 4.78 is 0. The van der Waals surface area contributed by atoms with Gasteiger partial charge in [-0.1, -0.05) is 0 Å². The molecule has 1 aliphatic heterocycles. The van der Waals surface area contributed by atoms with Gasteiger partial charge in [0.05, 0.1) is 6.54 Å². The maximum atomic E-state index is 11.2. The van der Waals surface area contributed by atoms with Crippen LogP contribution in [0.2, 0.25) is 0 Å². The van der Waals surface area contributed by atoms with Gasteiger partial charge in [0.2, 0.25) is 5.91 Å². The maximum Gasteiger partial charge on any atom is 0.271 e. The van der Waals surface area contributed by atoms with E-state index in [1.54, 1.807) is 0 Å². The summed E-state index contributed by atoms with van der Waals surface area (Å²) in [5.74, 6) is -0.911. The van der Waals surface area contributed by atoms with E-state index in [0.29, 0.717) is 0 Å². The molecule has 0 spiro atoms. The van der Waals surface area contributed by atoms with Crippen LogP contribution in [0.15, 0.2) is 11.8 Å². The van der Waals surface area contributed by atoms with E-state index in [4.69, 9.17) is 5.73 Å². The van der Waals surface area contributed by atoms with E-state index in [1.165, 1.54) is 13.1 Å². The van der Waals surface area contributed by atoms with Gasteiger partial charge in [-0.15, -0.1) is 0 Å².